The summed E-state index contributed by atoms with van der Waals surface area (Å²) in [7, 11) is 0. The molecule has 3 amide bonds. The lowest BCUT2D eigenvalue weighted by molar-refractivity contribution is -0.123. The van der Waals surface area contributed by atoms with Crippen molar-refractivity contribution in [3.05, 3.63) is 80.4 Å². The molecule has 178 valence electrons. The molecular weight excluding hydrogens is 533 g/mol. The highest BCUT2D eigenvalue weighted by Crippen LogP contribution is 2.33. The smallest absolute Gasteiger partial charge is 0.338 e. The van der Waals surface area contributed by atoms with E-state index in [1.54, 1.807) is 37.3 Å². The van der Waals surface area contributed by atoms with E-state index in [0.717, 1.165) is 27.9 Å². The van der Waals surface area contributed by atoms with Crippen LogP contribution in [0.25, 0.3) is 17.4 Å². The molecule has 8 nitrogen and oxygen atoms in total. The van der Waals surface area contributed by atoms with Gasteiger partial charge in [-0.3, -0.25) is 4.79 Å². The van der Waals surface area contributed by atoms with E-state index >= 15 is 0 Å². The van der Waals surface area contributed by atoms with Crippen LogP contribution in [-0.4, -0.2) is 32.3 Å². The van der Waals surface area contributed by atoms with Crippen LogP contribution in [0.3, 0.4) is 0 Å². The van der Waals surface area contributed by atoms with Crippen LogP contribution in [0.15, 0.2) is 57.9 Å². The summed E-state index contributed by atoms with van der Waals surface area (Å²) < 4.78 is 5.97. The maximum atomic E-state index is 12.8. The third kappa shape index (κ3) is 5.51. The standard InChI is InChI=1S/C23H15Cl2N3O5S2/c1-11-8-12(21(30)31)2-5-15(11)18-7-4-14(33-18)10-19-20(29)28(23(34)35-19)27-22(32)26-13-3-6-16(24)17(25)9-13/h2-10H,1H3,(H,30,31)(H2,26,27,32)/b19-10-. The third-order valence-corrected chi connectivity index (χ3v) is 6.86. The average molecular weight is 548 g/mol. The van der Waals surface area contributed by atoms with E-state index in [1.807, 2.05) is 0 Å². The molecule has 0 spiro atoms. The van der Waals surface area contributed by atoms with E-state index in [4.69, 9.17) is 44.9 Å². The fourth-order valence-electron chi connectivity index (χ4n) is 3.18. The lowest BCUT2D eigenvalue weighted by Gasteiger charge is -2.16. The Labute approximate surface area is 218 Å². The Bertz CT molecular complexity index is 1420. The summed E-state index contributed by atoms with van der Waals surface area (Å²) in [5.74, 6) is -0.631. The summed E-state index contributed by atoms with van der Waals surface area (Å²) in [5.41, 5.74) is 4.42. The number of anilines is 1. The van der Waals surface area contributed by atoms with E-state index in [-0.39, 0.29) is 19.8 Å². The lowest BCUT2D eigenvalue weighted by atomic mass is 10.0. The highest BCUT2D eigenvalue weighted by atomic mass is 35.5. The summed E-state index contributed by atoms with van der Waals surface area (Å²) in [4.78, 5) is 36.6. The quantitative estimate of drug-likeness (QED) is 0.257. The monoisotopic (exact) mass is 547 g/mol. The number of thiocarbonyl (C=S) groups is 1. The summed E-state index contributed by atoms with van der Waals surface area (Å²) in [6.45, 7) is 1.78. The lowest BCUT2D eigenvalue weighted by Crippen LogP contribution is -2.46. The molecule has 0 atom stereocenters. The van der Waals surface area contributed by atoms with Crippen molar-refractivity contribution in [2.24, 2.45) is 0 Å². The molecule has 0 saturated carbocycles. The van der Waals surface area contributed by atoms with E-state index in [2.05, 4.69) is 10.7 Å². The number of nitrogens with one attached hydrogen (secondary N) is 2. The summed E-state index contributed by atoms with van der Waals surface area (Å²) in [6.07, 6.45) is 1.52. The number of carboxylic acids is 1. The number of benzene rings is 2. The molecule has 12 heteroatoms. The number of carbonyl (C=O) groups is 3. The van der Waals surface area contributed by atoms with Gasteiger partial charge in [0, 0.05) is 17.3 Å². The van der Waals surface area contributed by atoms with E-state index in [9.17, 15) is 14.4 Å². The molecule has 1 aromatic heterocycles. The number of hydrogen-bond acceptors (Lipinski definition) is 6. The number of thioether (sulfide) groups is 1. The number of aromatic carboxylic acids is 1. The molecule has 2 aromatic carbocycles. The number of halogens is 2. The summed E-state index contributed by atoms with van der Waals surface area (Å²) in [5, 5.41) is 13.2. The van der Waals surface area contributed by atoms with Crippen LogP contribution in [-0.2, 0) is 4.79 Å². The molecule has 3 aromatic rings. The maximum Gasteiger partial charge on any atom is 0.338 e. The molecule has 0 unspecified atom stereocenters. The molecule has 2 heterocycles. The number of rotatable bonds is 5. The van der Waals surface area contributed by atoms with Gasteiger partial charge in [-0.15, -0.1) is 0 Å². The van der Waals surface area contributed by atoms with E-state index < -0.39 is 17.9 Å². The van der Waals surface area contributed by atoms with Gasteiger partial charge < -0.3 is 14.8 Å². The molecule has 3 N–H and O–H groups in total. The number of hydrogen-bond donors (Lipinski definition) is 3. The van der Waals surface area contributed by atoms with Gasteiger partial charge in [-0.05, 0) is 67.2 Å². The number of aryl methyl sites for hydroxylation is 1. The molecule has 0 bridgehead atoms. The first-order chi connectivity index (χ1) is 16.6. The zero-order chi connectivity index (χ0) is 25.3. The predicted molar refractivity (Wildman–Crippen MR) is 139 cm³/mol. The number of amides is 3. The third-order valence-electron chi connectivity index (χ3n) is 4.82. The van der Waals surface area contributed by atoms with Gasteiger partial charge in [0.2, 0.25) is 0 Å². The topological polar surface area (TPSA) is 112 Å². The number of urea groups is 1. The SMILES string of the molecule is Cc1cc(C(=O)O)ccc1-c1ccc(/C=C2\SC(=S)N(NC(=O)Nc3ccc(Cl)c(Cl)c3)C2=O)o1. The van der Waals surface area contributed by atoms with Crippen molar-refractivity contribution in [3.8, 4) is 11.3 Å². The molecule has 4 rings (SSSR count). The zero-order valence-electron chi connectivity index (χ0n) is 17.8. The fourth-order valence-corrected chi connectivity index (χ4v) is 4.63. The molecule has 1 saturated heterocycles. The fraction of sp³-hybridized carbons (Fsp3) is 0.0435. The van der Waals surface area contributed by atoms with Gasteiger partial charge in [0.15, 0.2) is 4.32 Å². The Kier molecular flexibility index (Phi) is 7.18. The van der Waals surface area contributed by atoms with Crippen LogP contribution in [0.5, 0.6) is 0 Å². The predicted octanol–water partition coefficient (Wildman–Crippen LogP) is 6.20. The Morgan fingerprint density at radius 3 is 2.57 bits per heavy atom. The average Bonchev–Trinajstić information content (AvgIpc) is 3.36. The van der Waals surface area contributed by atoms with Crippen molar-refractivity contribution >= 4 is 81.2 Å². The highest BCUT2D eigenvalue weighted by Gasteiger charge is 2.34. The van der Waals surface area contributed by atoms with Crippen LogP contribution >= 0.6 is 47.2 Å². The second-order valence-corrected chi connectivity index (χ2v) is 9.74. The van der Waals surface area contributed by atoms with Gasteiger partial charge in [0.05, 0.1) is 20.5 Å². The first-order valence-electron chi connectivity index (χ1n) is 9.87. The Morgan fingerprint density at radius 2 is 1.89 bits per heavy atom. The normalized spacial score (nSPS) is 14.5. The van der Waals surface area contributed by atoms with Gasteiger partial charge in [-0.25, -0.2) is 15.0 Å². The number of hydrazine groups is 1. The number of carboxylic acid groups (broad SMARTS) is 1. The molecule has 0 radical (unpaired) electrons. The van der Waals surface area contributed by atoms with Crippen molar-refractivity contribution in [2.45, 2.75) is 6.92 Å². The van der Waals surface area contributed by atoms with Crippen molar-refractivity contribution < 1.29 is 23.9 Å². The van der Waals surface area contributed by atoms with Crippen molar-refractivity contribution in [1.29, 1.82) is 0 Å². The molecule has 0 aliphatic carbocycles. The molecule has 1 aliphatic rings. The van der Waals surface area contributed by atoms with Crippen LogP contribution in [0.4, 0.5) is 10.5 Å². The van der Waals surface area contributed by atoms with E-state index in [0.29, 0.717) is 22.2 Å². The summed E-state index contributed by atoms with van der Waals surface area (Å²) in [6, 6.07) is 12.0. The minimum absolute atomic E-state index is 0.137. The van der Waals surface area contributed by atoms with Crippen LogP contribution in [0.2, 0.25) is 10.0 Å². The van der Waals surface area contributed by atoms with Gasteiger partial charge in [-0.2, -0.15) is 5.01 Å². The number of furan rings is 1. The van der Waals surface area contributed by atoms with Crippen molar-refractivity contribution in [3.63, 3.8) is 0 Å². The molecule has 35 heavy (non-hydrogen) atoms. The maximum absolute atomic E-state index is 12.8. The second-order valence-electron chi connectivity index (χ2n) is 7.25. The highest BCUT2D eigenvalue weighted by molar-refractivity contribution is 8.26. The molecule has 1 fully saturated rings. The molecule has 1 aliphatic heterocycles. The molecular formula is C23H15Cl2N3O5S2. The van der Waals surface area contributed by atoms with Crippen molar-refractivity contribution in [1.82, 2.24) is 10.4 Å². The second kappa shape index (κ2) is 10.1. The van der Waals surface area contributed by atoms with Gasteiger partial charge in [0.1, 0.15) is 11.5 Å². The Morgan fingerprint density at radius 1 is 1.11 bits per heavy atom. The first-order valence-corrected chi connectivity index (χ1v) is 11.9. The largest absolute Gasteiger partial charge is 0.478 e. The minimum Gasteiger partial charge on any atom is -0.478 e. The number of nitrogens with zero attached hydrogens (tertiary/aromatic N) is 1. The zero-order valence-corrected chi connectivity index (χ0v) is 20.9. The van der Waals surface area contributed by atoms with Crippen LogP contribution < -0.4 is 10.7 Å². The minimum atomic E-state index is -1.01. The number of carbonyl (C=O) groups excluding carboxylic acids is 2. The van der Waals surface area contributed by atoms with Crippen LogP contribution in [0.1, 0.15) is 21.7 Å². The van der Waals surface area contributed by atoms with Crippen LogP contribution in [0, 0.1) is 6.92 Å². The van der Waals surface area contributed by atoms with Crippen molar-refractivity contribution in [2.75, 3.05) is 5.32 Å². The van der Waals surface area contributed by atoms with Gasteiger partial charge >= 0.3 is 12.0 Å². The first kappa shape index (κ1) is 24.8. The van der Waals surface area contributed by atoms with E-state index in [1.165, 1.54) is 24.3 Å². The Hall–Kier alpha value is -3.31. The Balaban J connectivity index is 1.46. The van der Waals surface area contributed by atoms with Gasteiger partial charge in [0.25, 0.3) is 5.91 Å². The summed E-state index contributed by atoms with van der Waals surface area (Å²) >= 11 is 18.1. The van der Waals surface area contributed by atoms with Gasteiger partial charge in [-0.1, -0.05) is 41.0 Å².